The number of benzene rings is 2. The van der Waals surface area contributed by atoms with Gasteiger partial charge in [0.2, 0.25) is 0 Å². The van der Waals surface area contributed by atoms with Crippen LogP contribution in [0.1, 0.15) is 33.3 Å². The molecular weight excluding hydrogens is 398 g/mol. The summed E-state index contributed by atoms with van der Waals surface area (Å²) in [5.74, 6) is -0.432. The van der Waals surface area contributed by atoms with E-state index in [0.717, 1.165) is 16.5 Å². The summed E-state index contributed by atoms with van der Waals surface area (Å²) in [5, 5.41) is 3.17. The number of carbonyl (C=O) groups is 2. The van der Waals surface area contributed by atoms with Gasteiger partial charge in [-0.05, 0) is 57.9 Å². The summed E-state index contributed by atoms with van der Waals surface area (Å²) in [4.78, 5) is 36.5. The molecule has 1 aromatic heterocycles. The van der Waals surface area contributed by atoms with Gasteiger partial charge in [0.1, 0.15) is 23.0 Å². The number of hydrogen-bond acceptors (Lipinski definition) is 6. The fourth-order valence-electron chi connectivity index (χ4n) is 3.05. The van der Waals surface area contributed by atoms with E-state index >= 15 is 0 Å². The summed E-state index contributed by atoms with van der Waals surface area (Å²) in [7, 11) is 0. The highest BCUT2D eigenvalue weighted by Gasteiger charge is 2.23. The van der Waals surface area contributed by atoms with Crippen LogP contribution in [0.15, 0.2) is 57.7 Å². The third-order valence-electron chi connectivity index (χ3n) is 4.49. The first-order valence-electron chi connectivity index (χ1n) is 9.89. The van der Waals surface area contributed by atoms with Gasteiger partial charge in [-0.1, -0.05) is 30.3 Å². The van der Waals surface area contributed by atoms with Crippen LogP contribution in [-0.4, -0.2) is 23.7 Å². The minimum Gasteiger partial charge on any atom is -0.444 e. The first-order valence-corrected chi connectivity index (χ1v) is 9.89. The van der Waals surface area contributed by atoms with Crippen molar-refractivity contribution in [1.29, 1.82) is 0 Å². The van der Waals surface area contributed by atoms with Gasteiger partial charge in [0, 0.05) is 17.0 Å². The predicted octanol–water partition coefficient (Wildman–Crippen LogP) is 4.59. The fourth-order valence-corrected chi connectivity index (χ4v) is 3.05. The summed E-state index contributed by atoms with van der Waals surface area (Å²) < 4.78 is 16.0. The van der Waals surface area contributed by atoms with Gasteiger partial charge in [-0.2, -0.15) is 0 Å². The van der Waals surface area contributed by atoms with Crippen LogP contribution >= 0.6 is 0 Å². The molecule has 7 heteroatoms. The quantitative estimate of drug-likeness (QED) is 0.375. The molecule has 0 fully saturated rings. The maximum absolute atomic E-state index is 12.5. The summed E-state index contributed by atoms with van der Waals surface area (Å²) in [6.45, 7) is 8.38. The van der Waals surface area contributed by atoms with Crippen LogP contribution in [-0.2, 0) is 9.53 Å². The second-order valence-electron chi connectivity index (χ2n) is 8.20. The van der Waals surface area contributed by atoms with Crippen molar-refractivity contribution in [3.8, 4) is 16.9 Å². The molecule has 0 aliphatic rings. The lowest BCUT2D eigenvalue weighted by Gasteiger charge is -2.21. The second-order valence-corrected chi connectivity index (χ2v) is 8.20. The highest BCUT2D eigenvalue weighted by Crippen LogP contribution is 2.33. The van der Waals surface area contributed by atoms with Crippen LogP contribution in [0.4, 0.5) is 4.79 Å². The highest BCUT2D eigenvalue weighted by molar-refractivity contribution is 5.96. The van der Waals surface area contributed by atoms with Gasteiger partial charge in [-0.3, -0.25) is 0 Å². The predicted molar refractivity (Wildman–Crippen MR) is 117 cm³/mol. The summed E-state index contributed by atoms with van der Waals surface area (Å²) in [5.41, 5.74) is 1.26. The molecule has 31 heavy (non-hydrogen) atoms. The Kier molecular flexibility index (Phi) is 6.15. The molecule has 0 spiro atoms. The molecule has 162 valence electrons. The third kappa shape index (κ3) is 5.31. The largest absolute Gasteiger partial charge is 0.444 e. The van der Waals surface area contributed by atoms with Gasteiger partial charge >= 0.3 is 17.7 Å². The van der Waals surface area contributed by atoms with Gasteiger partial charge in [-0.15, -0.1) is 0 Å². The van der Waals surface area contributed by atoms with Crippen molar-refractivity contribution in [3.63, 3.8) is 0 Å². The van der Waals surface area contributed by atoms with Crippen LogP contribution in [0.2, 0.25) is 0 Å². The number of aryl methyl sites for hydroxylation is 1. The summed E-state index contributed by atoms with van der Waals surface area (Å²) >= 11 is 0. The van der Waals surface area contributed by atoms with Crippen molar-refractivity contribution in [2.45, 2.75) is 46.3 Å². The molecule has 1 amide bonds. The first kappa shape index (κ1) is 22.1. The Labute approximate surface area is 180 Å². The molecular formula is C24H25NO6. The van der Waals surface area contributed by atoms with E-state index in [-0.39, 0.29) is 5.75 Å². The average molecular weight is 423 g/mol. The standard InChI is InChI=1S/C24H25NO6/c1-14-19(29-22(27)15(2)25-23(28)31-24(3,4)5)12-11-17-18(13-20(26)30-21(14)17)16-9-7-6-8-10-16/h6-13,15H,1-5H3,(H,25,28)/t15-/m0/s1. The van der Waals surface area contributed by atoms with Crippen molar-refractivity contribution in [3.05, 3.63) is 64.5 Å². The number of carbonyl (C=O) groups excluding carboxylic acids is 2. The molecule has 0 bridgehead atoms. The molecule has 0 unspecified atom stereocenters. The number of nitrogens with one attached hydrogen (secondary N) is 1. The molecule has 3 rings (SSSR count). The third-order valence-corrected chi connectivity index (χ3v) is 4.49. The van der Waals surface area contributed by atoms with Crippen LogP contribution in [0.25, 0.3) is 22.1 Å². The Morgan fingerprint density at radius 1 is 1.06 bits per heavy atom. The highest BCUT2D eigenvalue weighted by atomic mass is 16.6. The lowest BCUT2D eigenvalue weighted by molar-refractivity contribution is -0.136. The van der Waals surface area contributed by atoms with E-state index < -0.39 is 29.3 Å². The maximum atomic E-state index is 12.5. The monoisotopic (exact) mass is 423 g/mol. The molecule has 0 aliphatic heterocycles. The van der Waals surface area contributed by atoms with Crippen LogP contribution in [0.3, 0.4) is 0 Å². The van der Waals surface area contributed by atoms with Gasteiger partial charge in [0.15, 0.2) is 0 Å². The van der Waals surface area contributed by atoms with E-state index in [1.165, 1.54) is 13.0 Å². The van der Waals surface area contributed by atoms with Crippen molar-refractivity contribution in [2.75, 3.05) is 0 Å². The number of amides is 1. The number of alkyl carbamates (subject to hydrolysis) is 1. The Balaban J connectivity index is 1.87. The van der Waals surface area contributed by atoms with Crippen LogP contribution in [0.5, 0.6) is 5.75 Å². The summed E-state index contributed by atoms with van der Waals surface area (Å²) in [6, 6.07) is 13.4. The molecule has 0 saturated heterocycles. The molecule has 2 aromatic carbocycles. The molecule has 1 heterocycles. The lowest BCUT2D eigenvalue weighted by atomic mass is 10.0. The maximum Gasteiger partial charge on any atom is 0.408 e. The Morgan fingerprint density at radius 3 is 2.39 bits per heavy atom. The molecule has 1 atom stereocenters. The van der Waals surface area contributed by atoms with E-state index in [2.05, 4.69) is 5.32 Å². The minimum absolute atomic E-state index is 0.240. The fraction of sp³-hybridized carbons (Fsp3) is 0.292. The molecule has 0 aliphatic carbocycles. The first-order chi connectivity index (χ1) is 14.5. The van der Waals surface area contributed by atoms with E-state index in [9.17, 15) is 14.4 Å². The van der Waals surface area contributed by atoms with Gasteiger partial charge in [-0.25, -0.2) is 14.4 Å². The van der Waals surface area contributed by atoms with Gasteiger partial charge in [0.25, 0.3) is 0 Å². The van der Waals surface area contributed by atoms with Gasteiger partial charge < -0.3 is 19.2 Å². The summed E-state index contributed by atoms with van der Waals surface area (Å²) in [6.07, 6.45) is -0.717. The van der Waals surface area contributed by atoms with Crippen LogP contribution in [0, 0.1) is 6.92 Å². The van der Waals surface area contributed by atoms with Crippen molar-refractivity contribution in [2.24, 2.45) is 0 Å². The zero-order chi connectivity index (χ0) is 22.8. The zero-order valence-corrected chi connectivity index (χ0v) is 18.1. The molecule has 0 radical (unpaired) electrons. The Bertz CT molecular complexity index is 1170. The smallest absolute Gasteiger partial charge is 0.408 e. The van der Waals surface area contributed by atoms with E-state index in [4.69, 9.17) is 13.9 Å². The van der Waals surface area contributed by atoms with Crippen molar-refractivity contribution in [1.82, 2.24) is 5.32 Å². The SMILES string of the molecule is Cc1c(OC(=O)[C@H](C)NC(=O)OC(C)(C)C)ccc2c(-c3ccccc3)cc(=O)oc12. The zero-order valence-electron chi connectivity index (χ0n) is 18.1. The van der Waals surface area contributed by atoms with Crippen LogP contribution < -0.4 is 15.7 Å². The second kappa shape index (κ2) is 8.63. The van der Waals surface area contributed by atoms with Gasteiger partial charge in [0.05, 0.1) is 0 Å². The van der Waals surface area contributed by atoms with E-state index in [1.54, 1.807) is 39.8 Å². The minimum atomic E-state index is -0.937. The van der Waals surface area contributed by atoms with E-state index in [1.807, 2.05) is 30.3 Å². The number of fused-ring (bicyclic) bond motifs is 1. The number of hydrogen-bond donors (Lipinski definition) is 1. The Morgan fingerprint density at radius 2 is 1.74 bits per heavy atom. The van der Waals surface area contributed by atoms with Crippen molar-refractivity contribution >= 4 is 23.0 Å². The normalized spacial score (nSPS) is 12.3. The van der Waals surface area contributed by atoms with E-state index in [0.29, 0.717) is 11.1 Å². The molecule has 3 aromatic rings. The molecule has 1 N–H and O–H groups in total. The number of rotatable bonds is 4. The Hall–Kier alpha value is -3.61. The molecule has 7 nitrogen and oxygen atoms in total. The average Bonchev–Trinajstić information content (AvgIpc) is 2.69. The number of esters is 1. The topological polar surface area (TPSA) is 94.8 Å². The van der Waals surface area contributed by atoms with Crippen molar-refractivity contribution < 1.29 is 23.5 Å². The lowest BCUT2D eigenvalue weighted by Crippen LogP contribution is -2.43. The number of ether oxygens (including phenoxy) is 2. The molecule has 0 saturated carbocycles.